The van der Waals surface area contributed by atoms with Gasteiger partial charge in [0.15, 0.2) is 5.65 Å². The summed E-state index contributed by atoms with van der Waals surface area (Å²) in [5, 5.41) is 0.175. The molecular weight excluding hydrogens is 380 g/mol. The van der Waals surface area contributed by atoms with Crippen LogP contribution in [0, 0.1) is 5.92 Å². The van der Waals surface area contributed by atoms with E-state index in [1.807, 2.05) is 52.0 Å². The predicted molar refractivity (Wildman–Crippen MR) is 117 cm³/mol. The van der Waals surface area contributed by atoms with Crippen molar-refractivity contribution in [1.82, 2.24) is 14.5 Å². The summed E-state index contributed by atoms with van der Waals surface area (Å²) in [6.45, 7) is 8.90. The second-order valence-corrected chi connectivity index (χ2v) is 8.55. The first-order chi connectivity index (χ1) is 14.3. The van der Waals surface area contributed by atoms with Crippen molar-refractivity contribution in [2.45, 2.75) is 46.6 Å². The van der Waals surface area contributed by atoms with Crippen molar-refractivity contribution in [3.05, 3.63) is 68.0 Å². The number of aromatic amines is 1. The van der Waals surface area contributed by atoms with Gasteiger partial charge in [0.25, 0.3) is 11.5 Å². The lowest BCUT2D eigenvalue weighted by Crippen LogP contribution is -2.35. The number of hydrogen-bond donors (Lipinski definition) is 1. The van der Waals surface area contributed by atoms with Gasteiger partial charge in [-0.2, -0.15) is 0 Å². The Bertz CT molecular complexity index is 1250. The number of hydrogen-bond acceptors (Lipinski definition) is 4. The molecule has 4 rings (SSSR count). The normalized spacial score (nSPS) is 13.5. The van der Waals surface area contributed by atoms with E-state index >= 15 is 0 Å². The molecule has 7 heteroatoms. The molecule has 0 aliphatic carbocycles. The summed E-state index contributed by atoms with van der Waals surface area (Å²) < 4.78 is 1.47. The molecule has 1 aromatic carbocycles. The average molecular weight is 406 g/mol. The highest BCUT2D eigenvalue weighted by molar-refractivity contribution is 6.13. The SMILES string of the molecule is CC(C)Cn1c(=O)[nH]c(=O)c2c(C(=O)N3CCc4ccccc43)cc(C(C)C)nc21. The Hall–Kier alpha value is -3.22. The van der Waals surface area contributed by atoms with Gasteiger partial charge in [-0.15, -0.1) is 0 Å². The lowest BCUT2D eigenvalue weighted by Gasteiger charge is -2.20. The van der Waals surface area contributed by atoms with Gasteiger partial charge < -0.3 is 4.90 Å². The molecule has 3 aromatic rings. The molecule has 1 aliphatic heterocycles. The Morgan fingerprint density at radius 1 is 1.17 bits per heavy atom. The second kappa shape index (κ2) is 7.55. The van der Waals surface area contributed by atoms with Crippen LogP contribution < -0.4 is 16.1 Å². The number of para-hydroxylation sites is 1. The number of benzene rings is 1. The molecular formula is C23H26N4O3. The Kier molecular flexibility index (Phi) is 5.05. The van der Waals surface area contributed by atoms with Gasteiger partial charge >= 0.3 is 5.69 Å². The molecule has 7 nitrogen and oxygen atoms in total. The Balaban J connectivity index is 1.99. The van der Waals surface area contributed by atoms with Gasteiger partial charge in [0.2, 0.25) is 0 Å². The van der Waals surface area contributed by atoms with Gasteiger partial charge in [-0.05, 0) is 36.0 Å². The molecule has 3 heterocycles. The number of carbonyl (C=O) groups is 1. The first kappa shape index (κ1) is 20.1. The molecule has 30 heavy (non-hydrogen) atoms. The Morgan fingerprint density at radius 2 is 1.90 bits per heavy atom. The number of pyridine rings is 1. The molecule has 156 valence electrons. The summed E-state index contributed by atoms with van der Waals surface area (Å²) in [6.07, 6.45) is 0.774. The van der Waals surface area contributed by atoms with E-state index in [9.17, 15) is 14.4 Å². The minimum absolute atomic E-state index is 0.0358. The third-order valence-corrected chi connectivity index (χ3v) is 5.47. The molecule has 0 bridgehead atoms. The van der Waals surface area contributed by atoms with Crippen molar-refractivity contribution in [2.24, 2.45) is 5.92 Å². The maximum Gasteiger partial charge on any atom is 0.330 e. The molecule has 2 aromatic heterocycles. The Labute approximate surface area is 174 Å². The molecule has 0 spiro atoms. The zero-order valence-electron chi connectivity index (χ0n) is 17.7. The number of amides is 1. The number of rotatable bonds is 4. The highest BCUT2D eigenvalue weighted by Gasteiger charge is 2.29. The smallest absolute Gasteiger partial charge is 0.308 e. The molecule has 0 atom stereocenters. The quantitative estimate of drug-likeness (QED) is 0.721. The third kappa shape index (κ3) is 3.34. The minimum Gasteiger partial charge on any atom is -0.308 e. The third-order valence-electron chi connectivity index (χ3n) is 5.47. The monoisotopic (exact) mass is 406 g/mol. The largest absolute Gasteiger partial charge is 0.330 e. The summed E-state index contributed by atoms with van der Waals surface area (Å²) in [5.41, 5.74) is 2.15. The van der Waals surface area contributed by atoms with Crippen molar-refractivity contribution in [3.63, 3.8) is 0 Å². The van der Waals surface area contributed by atoms with Gasteiger partial charge in [-0.3, -0.25) is 19.1 Å². The van der Waals surface area contributed by atoms with E-state index in [0.717, 1.165) is 17.7 Å². The molecule has 0 unspecified atom stereocenters. The minimum atomic E-state index is -0.575. The fourth-order valence-electron chi connectivity index (χ4n) is 3.99. The number of H-pyrrole nitrogens is 1. The van der Waals surface area contributed by atoms with Crippen molar-refractivity contribution < 1.29 is 4.79 Å². The number of aromatic nitrogens is 3. The van der Waals surface area contributed by atoms with E-state index in [1.54, 1.807) is 11.0 Å². The van der Waals surface area contributed by atoms with Gasteiger partial charge in [0.05, 0.1) is 10.9 Å². The maximum atomic E-state index is 13.6. The van der Waals surface area contributed by atoms with Crippen molar-refractivity contribution in [2.75, 3.05) is 11.4 Å². The topological polar surface area (TPSA) is 88.1 Å². The van der Waals surface area contributed by atoms with E-state index < -0.39 is 11.2 Å². The number of nitrogens with zero attached hydrogens (tertiary/aromatic N) is 3. The van der Waals surface area contributed by atoms with E-state index in [2.05, 4.69) is 9.97 Å². The van der Waals surface area contributed by atoms with Gasteiger partial charge in [0, 0.05) is 24.5 Å². The van der Waals surface area contributed by atoms with Crippen LogP contribution in [-0.2, 0) is 13.0 Å². The van der Waals surface area contributed by atoms with Crippen LogP contribution in [0.25, 0.3) is 11.0 Å². The van der Waals surface area contributed by atoms with Crippen LogP contribution in [0.15, 0.2) is 39.9 Å². The van der Waals surface area contributed by atoms with Gasteiger partial charge in [-0.1, -0.05) is 45.9 Å². The van der Waals surface area contributed by atoms with Crippen LogP contribution >= 0.6 is 0 Å². The number of fused-ring (bicyclic) bond motifs is 2. The number of anilines is 1. The van der Waals surface area contributed by atoms with Crippen molar-refractivity contribution in [1.29, 1.82) is 0 Å². The summed E-state index contributed by atoms with van der Waals surface area (Å²) >= 11 is 0. The van der Waals surface area contributed by atoms with Gasteiger partial charge in [-0.25, -0.2) is 9.78 Å². The standard InChI is InChI=1S/C23H26N4O3/c1-13(2)12-27-20-19(21(28)25-23(27)30)16(11-17(24-20)14(3)4)22(29)26-10-9-15-7-5-6-8-18(15)26/h5-8,11,13-14H,9-10,12H2,1-4H3,(H,25,28,30). The van der Waals surface area contributed by atoms with Crippen LogP contribution in [0.2, 0.25) is 0 Å². The lowest BCUT2D eigenvalue weighted by molar-refractivity contribution is 0.0990. The average Bonchev–Trinajstić information content (AvgIpc) is 3.13. The molecule has 1 amide bonds. The number of carbonyl (C=O) groups excluding carboxylic acids is 1. The number of nitrogens with one attached hydrogen (secondary N) is 1. The highest BCUT2D eigenvalue weighted by atomic mass is 16.2. The maximum absolute atomic E-state index is 13.6. The molecule has 0 saturated carbocycles. The summed E-state index contributed by atoms with van der Waals surface area (Å²) in [5.74, 6) is -0.0332. The highest BCUT2D eigenvalue weighted by Crippen LogP contribution is 2.30. The van der Waals surface area contributed by atoms with Crippen LogP contribution in [0.1, 0.15) is 55.2 Å². The first-order valence-electron chi connectivity index (χ1n) is 10.4. The van der Waals surface area contributed by atoms with E-state index in [4.69, 9.17) is 0 Å². The predicted octanol–water partition coefficient (Wildman–Crippen LogP) is 3.07. The summed E-state index contributed by atoms with van der Waals surface area (Å²) in [4.78, 5) is 47.7. The van der Waals surface area contributed by atoms with Crippen LogP contribution in [0.5, 0.6) is 0 Å². The van der Waals surface area contributed by atoms with Crippen LogP contribution in [0.3, 0.4) is 0 Å². The molecule has 0 saturated heterocycles. The molecule has 0 fully saturated rings. The zero-order chi connectivity index (χ0) is 21.6. The lowest BCUT2D eigenvalue weighted by atomic mass is 10.0. The van der Waals surface area contributed by atoms with E-state index in [1.165, 1.54) is 4.57 Å². The fourth-order valence-corrected chi connectivity index (χ4v) is 3.99. The van der Waals surface area contributed by atoms with Crippen LogP contribution in [0.4, 0.5) is 5.69 Å². The van der Waals surface area contributed by atoms with E-state index in [0.29, 0.717) is 24.3 Å². The summed E-state index contributed by atoms with van der Waals surface area (Å²) in [6, 6.07) is 9.50. The Morgan fingerprint density at radius 3 is 2.60 bits per heavy atom. The van der Waals surface area contributed by atoms with Crippen molar-refractivity contribution in [3.8, 4) is 0 Å². The fraction of sp³-hybridized carbons (Fsp3) is 0.391. The van der Waals surface area contributed by atoms with Crippen molar-refractivity contribution >= 4 is 22.6 Å². The first-order valence-corrected chi connectivity index (χ1v) is 10.4. The van der Waals surface area contributed by atoms with Gasteiger partial charge in [0.1, 0.15) is 0 Å². The molecule has 1 N–H and O–H groups in total. The van der Waals surface area contributed by atoms with E-state index in [-0.39, 0.29) is 28.8 Å². The van der Waals surface area contributed by atoms with Crippen LogP contribution in [-0.4, -0.2) is 27.0 Å². The second-order valence-electron chi connectivity index (χ2n) is 8.55. The molecule has 1 aliphatic rings. The zero-order valence-corrected chi connectivity index (χ0v) is 17.7. The molecule has 0 radical (unpaired) electrons. The summed E-state index contributed by atoms with van der Waals surface area (Å²) in [7, 11) is 0.